The van der Waals surface area contributed by atoms with Crippen LogP contribution in [0.4, 0.5) is 9.18 Å². The lowest BCUT2D eigenvalue weighted by Gasteiger charge is -2.21. The van der Waals surface area contributed by atoms with E-state index in [0.717, 1.165) is 6.07 Å². The molecule has 2 atom stereocenters. The summed E-state index contributed by atoms with van der Waals surface area (Å²) < 4.78 is 27.6. The molecule has 21 heavy (non-hydrogen) atoms. The predicted octanol–water partition coefficient (Wildman–Crippen LogP) is 1.36. The highest BCUT2D eigenvalue weighted by Gasteiger charge is 2.54. The number of hydrogen-bond donors (Lipinski definition) is 2. The molecule has 9 heteroatoms. The van der Waals surface area contributed by atoms with Crippen LogP contribution >= 0.6 is 0 Å². The maximum atomic E-state index is 13.9. The molecule has 2 unspecified atom stereocenters. The number of carboxylic acid groups (broad SMARTS) is 1. The fourth-order valence-electron chi connectivity index (χ4n) is 2.49. The van der Waals surface area contributed by atoms with Gasteiger partial charge >= 0.3 is 19.2 Å². The molecule has 0 radical (unpaired) electrons. The van der Waals surface area contributed by atoms with Gasteiger partial charge in [0.15, 0.2) is 0 Å². The standard InChI is InChI=1S/C12H10BFO7/c14-8-2-1-5-6-3-7(6)13(18)21-10(5)9(8)11(15)19-4-20-12(16)17/h1-2,6-7,18H,3-4H2,(H,16,17). The minimum atomic E-state index is -1.62. The third kappa shape index (κ3) is 2.40. The summed E-state index contributed by atoms with van der Waals surface area (Å²) in [5, 5.41) is 18.0. The molecule has 0 aromatic heterocycles. The molecule has 1 aromatic carbocycles. The highest BCUT2D eigenvalue weighted by molar-refractivity contribution is 6.48. The number of carbonyl (C=O) groups is 2. The van der Waals surface area contributed by atoms with Gasteiger partial charge in [0, 0.05) is 5.82 Å². The number of carbonyl (C=O) groups excluding carboxylic acids is 1. The number of halogens is 1. The van der Waals surface area contributed by atoms with Gasteiger partial charge in [-0.05, 0) is 24.0 Å². The molecule has 1 aliphatic heterocycles. The molecule has 1 aliphatic carbocycles. The summed E-state index contributed by atoms with van der Waals surface area (Å²) in [6, 6.07) is 2.62. The fraction of sp³-hybridized carbons (Fsp3) is 0.333. The Kier molecular flexibility index (Phi) is 3.21. The Hall–Kier alpha value is -2.29. The van der Waals surface area contributed by atoms with E-state index in [2.05, 4.69) is 9.47 Å². The zero-order valence-electron chi connectivity index (χ0n) is 10.6. The molecule has 2 aliphatic rings. The van der Waals surface area contributed by atoms with Crippen molar-refractivity contribution < 1.29 is 38.2 Å². The van der Waals surface area contributed by atoms with Gasteiger partial charge in [-0.3, -0.25) is 0 Å². The number of fused-ring (bicyclic) bond motifs is 3. The van der Waals surface area contributed by atoms with E-state index in [1.807, 2.05) is 0 Å². The average Bonchev–Trinajstić information content (AvgIpc) is 3.19. The lowest BCUT2D eigenvalue weighted by atomic mass is 9.77. The molecule has 1 fully saturated rings. The highest BCUT2D eigenvalue weighted by Crippen LogP contribution is 2.60. The summed E-state index contributed by atoms with van der Waals surface area (Å²) in [4.78, 5) is 22.0. The van der Waals surface area contributed by atoms with E-state index in [0.29, 0.717) is 12.0 Å². The lowest BCUT2D eigenvalue weighted by molar-refractivity contribution is -0.0171. The summed E-state index contributed by atoms with van der Waals surface area (Å²) in [6.45, 7) is -0.855. The fourth-order valence-corrected chi connectivity index (χ4v) is 2.49. The summed E-state index contributed by atoms with van der Waals surface area (Å²) in [5.74, 6) is -2.05. The Morgan fingerprint density at radius 3 is 2.90 bits per heavy atom. The Labute approximate surface area is 118 Å². The first-order chi connectivity index (χ1) is 9.99. The minimum absolute atomic E-state index is 0.0335. The molecule has 0 bridgehead atoms. The van der Waals surface area contributed by atoms with Crippen LogP contribution in [0.2, 0.25) is 5.82 Å². The van der Waals surface area contributed by atoms with Gasteiger partial charge in [0.25, 0.3) is 0 Å². The van der Waals surface area contributed by atoms with Gasteiger partial charge in [0.05, 0.1) is 0 Å². The van der Waals surface area contributed by atoms with E-state index in [4.69, 9.17) is 9.76 Å². The second-order valence-corrected chi connectivity index (χ2v) is 4.82. The van der Waals surface area contributed by atoms with Crippen LogP contribution in [0.3, 0.4) is 0 Å². The van der Waals surface area contributed by atoms with Crippen molar-refractivity contribution in [2.24, 2.45) is 0 Å². The highest BCUT2D eigenvalue weighted by atomic mass is 19.1. The van der Waals surface area contributed by atoms with Crippen LogP contribution in [0.5, 0.6) is 5.75 Å². The van der Waals surface area contributed by atoms with Crippen LogP contribution < -0.4 is 4.65 Å². The summed E-state index contributed by atoms with van der Waals surface area (Å²) in [6.07, 6.45) is -0.915. The van der Waals surface area contributed by atoms with Crippen molar-refractivity contribution in [2.45, 2.75) is 18.2 Å². The van der Waals surface area contributed by atoms with Crippen LogP contribution in [-0.4, -0.2) is 36.2 Å². The molecule has 1 aromatic rings. The predicted molar refractivity (Wildman–Crippen MR) is 65.5 cm³/mol. The van der Waals surface area contributed by atoms with Crippen LogP contribution in [-0.2, 0) is 9.47 Å². The van der Waals surface area contributed by atoms with Gasteiger partial charge < -0.3 is 24.3 Å². The third-order valence-electron chi connectivity index (χ3n) is 3.56. The SMILES string of the molecule is O=C(O)OCOC(=O)c1c(F)ccc2c1OB(O)C1CC21. The van der Waals surface area contributed by atoms with Gasteiger partial charge in [0.2, 0.25) is 6.79 Å². The van der Waals surface area contributed by atoms with Crippen molar-refractivity contribution in [1.82, 2.24) is 0 Å². The minimum Gasteiger partial charge on any atom is -0.535 e. The number of ether oxygens (including phenoxy) is 2. The van der Waals surface area contributed by atoms with E-state index >= 15 is 0 Å². The van der Waals surface area contributed by atoms with Gasteiger partial charge in [-0.2, -0.15) is 0 Å². The average molecular weight is 296 g/mol. The molecular weight excluding hydrogens is 286 g/mol. The quantitative estimate of drug-likeness (QED) is 0.493. The lowest BCUT2D eigenvalue weighted by Crippen LogP contribution is -2.28. The first-order valence-corrected chi connectivity index (χ1v) is 6.19. The molecule has 7 nitrogen and oxygen atoms in total. The van der Waals surface area contributed by atoms with Gasteiger partial charge in [-0.25, -0.2) is 14.0 Å². The van der Waals surface area contributed by atoms with Crippen LogP contribution in [0.1, 0.15) is 28.3 Å². The molecule has 1 heterocycles. The van der Waals surface area contributed by atoms with E-state index in [9.17, 15) is 19.0 Å². The van der Waals surface area contributed by atoms with Crippen LogP contribution in [0.25, 0.3) is 0 Å². The number of benzene rings is 1. The molecule has 0 spiro atoms. The van der Waals surface area contributed by atoms with Crippen molar-refractivity contribution in [3.63, 3.8) is 0 Å². The second-order valence-electron chi connectivity index (χ2n) is 4.82. The van der Waals surface area contributed by atoms with Crippen molar-refractivity contribution in [2.75, 3.05) is 6.79 Å². The number of rotatable bonds is 3. The molecule has 0 saturated heterocycles. The monoisotopic (exact) mass is 296 g/mol. The van der Waals surface area contributed by atoms with Crippen LogP contribution in [0.15, 0.2) is 12.1 Å². The molecule has 3 rings (SSSR count). The zero-order valence-corrected chi connectivity index (χ0v) is 10.6. The summed E-state index contributed by atoms with van der Waals surface area (Å²) in [5.41, 5.74) is 0.170. The van der Waals surface area contributed by atoms with Crippen molar-refractivity contribution in [3.8, 4) is 5.75 Å². The first-order valence-electron chi connectivity index (χ1n) is 6.19. The topological polar surface area (TPSA) is 102 Å². The second kappa shape index (κ2) is 4.92. The number of hydrogen-bond acceptors (Lipinski definition) is 6. The van der Waals surface area contributed by atoms with Gasteiger partial charge in [-0.15, -0.1) is 0 Å². The maximum Gasteiger partial charge on any atom is 0.526 e. The van der Waals surface area contributed by atoms with Gasteiger partial charge in [0.1, 0.15) is 17.1 Å². The van der Waals surface area contributed by atoms with Gasteiger partial charge in [-0.1, -0.05) is 6.07 Å². The van der Waals surface area contributed by atoms with Crippen molar-refractivity contribution >= 4 is 19.2 Å². The Morgan fingerprint density at radius 1 is 1.43 bits per heavy atom. The van der Waals surface area contributed by atoms with Crippen molar-refractivity contribution in [1.29, 1.82) is 0 Å². The Bertz CT molecular complexity index is 620. The van der Waals surface area contributed by atoms with E-state index in [1.54, 1.807) is 0 Å². The van der Waals surface area contributed by atoms with E-state index in [1.165, 1.54) is 6.07 Å². The van der Waals surface area contributed by atoms with Crippen molar-refractivity contribution in [3.05, 3.63) is 29.1 Å². The largest absolute Gasteiger partial charge is 0.535 e. The zero-order chi connectivity index (χ0) is 15.1. The first kappa shape index (κ1) is 13.7. The molecule has 1 saturated carbocycles. The van der Waals surface area contributed by atoms with E-state index in [-0.39, 0.29) is 17.5 Å². The normalized spacial score (nSPS) is 21.7. The Morgan fingerprint density at radius 2 is 2.19 bits per heavy atom. The molecular formula is C12H10BFO7. The van der Waals surface area contributed by atoms with E-state index < -0.39 is 37.4 Å². The van der Waals surface area contributed by atoms with Crippen LogP contribution in [0, 0.1) is 5.82 Å². The Balaban J connectivity index is 1.86. The molecule has 110 valence electrons. The number of esters is 1. The smallest absolute Gasteiger partial charge is 0.526 e. The molecule has 2 N–H and O–H groups in total. The summed E-state index contributed by atoms with van der Waals surface area (Å²) >= 11 is 0. The summed E-state index contributed by atoms with van der Waals surface area (Å²) in [7, 11) is -1.09. The third-order valence-corrected chi connectivity index (χ3v) is 3.56. The molecule has 0 amide bonds. The maximum absolute atomic E-state index is 13.9.